The van der Waals surface area contributed by atoms with Gasteiger partial charge in [-0.3, -0.25) is 0 Å². The van der Waals surface area contributed by atoms with Crippen LogP contribution in [0.15, 0.2) is 59.5 Å². The van der Waals surface area contributed by atoms with Crippen molar-refractivity contribution >= 4 is 11.0 Å². The van der Waals surface area contributed by atoms with Gasteiger partial charge in [-0.15, -0.1) is 0 Å². The second-order valence-corrected chi connectivity index (χ2v) is 7.87. The highest BCUT2D eigenvalue weighted by molar-refractivity contribution is 7.83. The Labute approximate surface area is 153 Å². The van der Waals surface area contributed by atoms with E-state index in [1.54, 1.807) is 0 Å². The second-order valence-electron chi connectivity index (χ2n) is 6.62. The Morgan fingerprint density at radius 3 is 2.24 bits per heavy atom. The number of hydrogen-bond acceptors (Lipinski definition) is 3. The zero-order chi connectivity index (χ0) is 18.2. The molecule has 0 saturated carbocycles. The molecule has 0 unspecified atom stereocenters. The van der Waals surface area contributed by atoms with E-state index in [4.69, 9.17) is 0 Å². The Morgan fingerprint density at radius 1 is 1.04 bits per heavy atom. The molecule has 0 aliphatic heterocycles. The number of aryl methyl sites for hydroxylation is 1. The average Bonchev–Trinajstić information content (AvgIpc) is 2.62. The van der Waals surface area contributed by atoms with E-state index in [1.807, 2.05) is 61.5 Å². The lowest BCUT2D eigenvalue weighted by Crippen LogP contribution is -2.53. The summed E-state index contributed by atoms with van der Waals surface area (Å²) in [5.74, 6) is 0.217. The fourth-order valence-corrected chi connectivity index (χ4v) is 3.89. The van der Waals surface area contributed by atoms with E-state index in [1.165, 1.54) is 0 Å². The third-order valence-corrected chi connectivity index (χ3v) is 5.42. The van der Waals surface area contributed by atoms with Gasteiger partial charge in [0.15, 0.2) is 0 Å². The highest BCUT2D eigenvalue weighted by atomic mass is 32.2. The Kier molecular flexibility index (Phi) is 7.78. The summed E-state index contributed by atoms with van der Waals surface area (Å²) >= 11 is 0. The normalized spacial score (nSPS) is 15.1. The van der Waals surface area contributed by atoms with Crippen molar-refractivity contribution in [3.05, 3.63) is 65.7 Å². The first kappa shape index (κ1) is 19.8. The van der Waals surface area contributed by atoms with Gasteiger partial charge in [-0.2, -0.15) is 0 Å². The lowest BCUT2D eigenvalue weighted by Gasteiger charge is -2.30. The SMILES string of the molecule is Cc1ccc([S@](=O)N[C@H](C(C)C)[C@@H](CO)NCc2ccccc2)cc1. The summed E-state index contributed by atoms with van der Waals surface area (Å²) in [6.07, 6.45) is 0. The quantitative estimate of drug-likeness (QED) is 0.644. The van der Waals surface area contributed by atoms with Gasteiger partial charge >= 0.3 is 0 Å². The third-order valence-electron chi connectivity index (χ3n) is 4.24. The van der Waals surface area contributed by atoms with E-state index in [0.717, 1.165) is 16.0 Å². The van der Waals surface area contributed by atoms with Crippen molar-refractivity contribution in [1.82, 2.24) is 10.0 Å². The number of aliphatic hydroxyl groups excluding tert-OH is 1. The van der Waals surface area contributed by atoms with E-state index >= 15 is 0 Å². The van der Waals surface area contributed by atoms with Gasteiger partial charge in [0.25, 0.3) is 0 Å². The topological polar surface area (TPSA) is 61.4 Å². The lowest BCUT2D eigenvalue weighted by atomic mass is 9.97. The van der Waals surface area contributed by atoms with E-state index < -0.39 is 11.0 Å². The van der Waals surface area contributed by atoms with E-state index in [9.17, 15) is 9.32 Å². The summed E-state index contributed by atoms with van der Waals surface area (Å²) in [6, 6.07) is 17.4. The lowest BCUT2D eigenvalue weighted by molar-refractivity contribution is 0.199. The molecule has 3 N–H and O–H groups in total. The molecule has 5 heteroatoms. The molecular weight excluding hydrogens is 332 g/mol. The zero-order valence-electron chi connectivity index (χ0n) is 15.1. The fraction of sp³-hybridized carbons (Fsp3) is 0.400. The number of rotatable bonds is 9. The molecule has 2 rings (SSSR count). The van der Waals surface area contributed by atoms with Gasteiger partial charge < -0.3 is 10.4 Å². The Hall–Kier alpha value is -1.53. The van der Waals surface area contributed by atoms with Crippen LogP contribution in [-0.4, -0.2) is 28.0 Å². The molecule has 3 atom stereocenters. The summed E-state index contributed by atoms with van der Waals surface area (Å²) in [5, 5.41) is 13.2. The molecule has 0 radical (unpaired) electrons. The molecule has 0 spiro atoms. The molecule has 2 aromatic rings. The molecule has 0 aliphatic carbocycles. The van der Waals surface area contributed by atoms with Gasteiger partial charge in [0.2, 0.25) is 0 Å². The average molecular weight is 361 g/mol. The Bertz CT molecular complexity index is 659. The summed E-state index contributed by atoms with van der Waals surface area (Å²) in [6.45, 7) is 6.78. The Balaban J connectivity index is 2.03. The summed E-state index contributed by atoms with van der Waals surface area (Å²) in [7, 11) is -1.31. The zero-order valence-corrected chi connectivity index (χ0v) is 15.9. The number of benzene rings is 2. The predicted octanol–water partition coefficient (Wildman–Crippen LogP) is 2.78. The molecule has 25 heavy (non-hydrogen) atoms. The second kappa shape index (κ2) is 9.82. The van der Waals surface area contributed by atoms with Gasteiger partial charge in [0.1, 0.15) is 11.0 Å². The monoisotopic (exact) mass is 360 g/mol. The minimum atomic E-state index is -1.31. The highest BCUT2D eigenvalue weighted by Gasteiger charge is 2.25. The van der Waals surface area contributed by atoms with Crippen molar-refractivity contribution in [2.24, 2.45) is 5.92 Å². The van der Waals surface area contributed by atoms with Crippen LogP contribution in [0.25, 0.3) is 0 Å². The molecular formula is C20H28N2O2S. The maximum Gasteiger partial charge on any atom is 0.125 e. The van der Waals surface area contributed by atoms with Crippen molar-refractivity contribution in [2.45, 2.75) is 44.3 Å². The molecule has 0 saturated heterocycles. The van der Waals surface area contributed by atoms with Crippen molar-refractivity contribution in [3.8, 4) is 0 Å². The third kappa shape index (κ3) is 6.04. The number of hydrogen-bond donors (Lipinski definition) is 3. The molecule has 136 valence electrons. The van der Waals surface area contributed by atoms with Gasteiger partial charge in [0.05, 0.1) is 11.5 Å². The molecule has 0 bridgehead atoms. The minimum absolute atomic E-state index is 0.0201. The Morgan fingerprint density at radius 2 is 1.68 bits per heavy atom. The summed E-state index contributed by atoms with van der Waals surface area (Å²) < 4.78 is 15.8. The maximum absolute atomic E-state index is 12.7. The smallest absolute Gasteiger partial charge is 0.125 e. The van der Waals surface area contributed by atoms with Crippen molar-refractivity contribution in [2.75, 3.05) is 6.61 Å². The summed E-state index contributed by atoms with van der Waals surface area (Å²) in [5.41, 5.74) is 2.29. The van der Waals surface area contributed by atoms with Crippen molar-refractivity contribution in [1.29, 1.82) is 0 Å². The van der Waals surface area contributed by atoms with Gasteiger partial charge in [-0.25, -0.2) is 8.93 Å². The molecule has 0 aromatic heterocycles. The predicted molar refractivity (Wildman–Crippen MR) is 104 cm³/mol. The largest absolute Gasteiger partial charge is 0.395 e. The number of aliphatic hydroxyl groups is 1. The van der Waals surface area contributed by atoms with Crippen LogP contribution in [0.2, 0.25) is 0 Å². The molecule has 0 fully saturated rings. The molecule has 4 nitrogen and oxygen atoms in total. The maximum atomic E-state index is 12.7. The van der Waals surface area contributed by atoms with Gasteiger partial charge in [-0.05, 0) is 30.5 Å². The van der Waals surface area contributed by atoms with Crippen LogP contribution >= 0.6 is 0 Å². The van der Waals surface area contributed by atoms with E-state index in [0.29, 0.717) is 6.54 Å². The van der Waals surface area contributed by atoms with Gasteiger partial charge in [0, 0.05) is 18.6 Å². The summed E-state index contributed by atoms with van der Waals surface area (Å²) in [4.78, 5) is 0.746. The molecule has 0 amide bonds. The van der Waals surface area contributed by atoms with Crippen LogP contribution in [0.4, 0.5) is 0 Å². The van der Waals surface area contributed by atoms with Crippen LogP contribution in [-0.2, 0) is 17.5 Å². The minimum Gasteiger partial charge on any atom is -0.395 e. The van der Waals surface area contributed by atoms with Crippen LogP contribution < -0.4 is 10.0 Å². The van der Waals surface area contributed by atoms with Crippen LogP contribution in [0, 0.1) is 12.8 Å². The van der Waals surface area contributed by atoms with Crippen molar-refractivity contribution < 1.29 is 9.32 Å². The van der Waals surface area contributed by atoms with Gasteiger partial charge in [-0.1, -0.05) is 61.9 Å². The highest BCUT2D eigenvalue weighted by Crippen LogP contribution is 2.13. The van der Waals surface area contributed by atoms with Crippen molar-refractivity contribution in [3.63, 3.8) is 0 Å². The van der Waals surface area contributed by atoms with Crippen LogP contribution in [0.3, 0.4) is 0 Å². The molecule has 0 aliphatic rings. The molecule has 0 heterocycles. The standard InChI is InChI=1S/C20H28N2O2S/c1-15(2)20(22-25(24)18-11-9-16(3)10-12-18)19(14-23)21-13-17-7-5-4-6-8-17/h4-12,15,19-23H,13-14H2,1-3H3/t19-,20-,25+/m1/s1. The first-order valence-electron chi connectivity index (χ1n) is 8.64. The first-order valence-corrected chi connectivity index (χ1v) is 9.79. The van der Waals surface area contributed by atoms with E-state index in [-0.39, 0.29) is 24.6 Å². The van der Waals surface area contributed by atoms with Crippen LogP contribution in [0.1, 0.15) is 25.0 Å². The first-order chi connectivity index (χ1) is 12.0. The van der Waals surface area contributed by atoms with E-state index in [2.05, 4.69) is 23.9 Å². The van der Waals surface area contributed by atoms with Crippen LogP contribution in [0.5, 0.6) is 0 Å². The fourth-order valence-electron chi connectivity index (χ4n) is 2.69. The molecule has 2 aromatic carbocycles. The number of nitrogens with one attached hydrogen (secondary N) is 2.